The number of halogens is 1. The average Bonchev–Trinajstić information content (AvgIpc) is 2.91. The Balaban J connectivity index is 1.81. The molecule has 7 nitrogen and oxygen atoms in total. The second kappa shape index (κ2) is 7.90. The number of aryl methyl sites for hydroxylation is 1. The van der Waals surface area contributed by atoms with Gasteiger partial charge < -0.3 is 15.2 Å². The molecule has 0 bridgehead atoms. The number of carboxylic acid groups (broad SMARTS) is 1. The van der Waals surface area contributed by atoms with Crippen LogP contribution in [-0.4, -0.2) is 36.0 Å². The highest BCUT2D eigenvalue weighted by atomic mass is 35.5. The fourth-order valence-corrected chi connectivity index (χ4v) is 3.23. The van der Waals surface area contributed by atoms with Crippen molar-refractivity contribution in [3.63, 3.8) is 0 Å². The van der Waals surface area contributed by atoms with Gasteiger partial charge in [-0.3, -0.25) is 14.4 Å². The number of nitrogens with zero attached hydrogens (tertiary/aromatic N) is 1. The summed E-state index contributed by atoms with van der Waals surface area (Å²) in [5.41, 5.74) is 2.36. The van der Waals surface area contributed by atoms with E-state index in [2.05, 4.69) is 5.32 Å². The topological polar surface area (TPSA) is 95.9 Å². The van der Waals surface area contributed by atoms with Crippen molar-refractivity contribution in [2.45, 2.75) is 25.8 Å². The van der Waals surface area contributed by atoms with Crippen LogP contribution in [-0.2, 0) is 20.8 Å². The van der Waals surface area contributed by atoms with Crippen LogP contribution in [0.1, 0.15) is 17.5 Å². The van der Waals surface area contributed by atoms with Gasteiger partial charge in [-0.15, -0.1) is 0 Å². The predicted molar refractivity (Wildman–Crippen MR) is 105 cm³/mol. The molecule has 1 aliphatic rings. The minimum absolute atomic E-state index is 0.000535. The number of carbonyl (C=O) groups excluding carboxylic acids is 2. The SMILES string of the molecule is COc1cc(Cl)c(C)cc1N1C(=O)C[C@@H](Nc2ccc(CC(=O)O)cc2)C1=O. The van der Waals surface area contributed by atoms with E-state index in [4.69, 9.17) is 21.4 Å². The zero-order valence-electron chi connectivity index (χ0n) is 15.4. The molecule has 8 heteroatoms. The van der Waals surface area contributed by atoms with E-state index in [1.807, 2.05) is 0 Å². The number of nitrogens with one attached hydrogen (secondary N) is 1. The van der Waals surface area contributed by atoms with Crippen molar-refractivity contribution in [1.29, 1.82) is 0 Å². The summed E-state index contributed by atoms with van der Waals surface area (Å²) >= 11 is 6.11. The lowest BCUT2D eigenvalue weighted by Crippen LogP contribution is -2.35. The molecule has 0 aliphatic carbocycles. The van der Waals surface area contributed by atoms with Crippen molar-refractivity contribution in [2.75, 3.05) is 17.3 Å². The molecule has 1 heterocycles. The van der Waals surface area contributed by atoms with Crippen LogP contribution in [0.2, 0.25) is 5.02 Å². The number of rotatable bonds is 6. The van der Waals surface area contributed by atoms with Gasteiger partial charge in [0.1, 0.15) is 11.8 Å². The molecule has 0 radical (unpaired) electrons. The first kappa shape index (κ1) is 19.7. The Hall–Kier alpha value is -3.06. The number of amides is 2. The molecule has 0 saturated carbocycles. The number of hydrogen-bond donors (Lipinski definition) is 2. The Morgan fingerprint density at radius 1 is 1.29 bits per heavy atom. The molecule has 0 spiro atoms. The Morgan fingerprint density at radius 2 is 1.96 bits per heavy atom. The fraction of sp³-hybridized carbons (Fsp3) is 0.250. The molecule has 1 fully saturated rings. The average molecular weight is 403 g/mol. The van der Waals surface area contributed by atoms with Gasteiger partial charge in [0.15, 0.2) is 0 Å². The van der Waals surface area contributed by atoms with Crippen molar-refractivity contribution < 1.29 is 24.2 Å². The van der Waals surface area contributed by atoms with Crippen LogP contribution < -0.4 is 15.0 Å². The van der Waals surface area contributed by atoms with E-state index in [9.17, 15) is 14.4 Å². The first-order chi connectivity index (χ1) is 13.3. The van der Waals surface area contributed by atoms with E-state index in [1.54, 1.807) is 43.3 Å². The minimum atomic E-state index is -0.917. The molecule has 1 aliphatic heterocycles. The Bertz CT molecular complexity index is 942. The number of aliphatic carboxylic acids is 1. The summed E-state index contributed by atoms with van der Waals surface area (Å²) < 4.78 is 5.29. The maximum absolute atomic E-state index is 12.9. The first-order valence-electron chi connectivity index (χ1n) is 8.58. The number of methoxy groups -OCH3 is 1. The van der Waals surface area contributed by atoms with Crippen molar-refractivity contribution in [1.82, 2.24) is 0 Å². The van der Waals surface area contributed by atoms with Gasteiger partial charge in [0.2, 0.25) is 5.91 Å². The molecule has 0 aromatic heterocycles. The van der Waals surface area contributed by atoms with Crippen LogP contribution >= 0.6 is 11.6 Å². The zero-order valence-corrected chi connectivity index (χ0v) is 16.1. The number of benzene rings is 2. The molecular weight excluding hydrogens is 384 g/mol. The van der Waals surface area contributed by atoms with Gasteiger partial charge >= 0.3 is 5.97 Å². The normalized spacial score (nSPS) is 16.4. The number of hydrogen-bond acceptors (Lipinski definition) is 5. The summed E-state index contributed by atoms with van der Waals surface area (Å²) in [4.78, 5) is 37.3. The Morgan fingerprint density at radius 3 is 2.57 bits per heavy atom. The third-order valence-electron chi connectivity index (χ3n) is 4.50. The monoisotopic (exact) mass is 402 g/mol. The van der Waals surface area contributed by atoms with E-state index in [1.165, 1.54) is 7.11 Å². The van der Waals surface area contributed by atoms with Crippen LogP contribution in [0.4, 0.5) is 11.4 Å². The van der Waals surface area contributed by atoms with Crippen molar-refractivity contribution in [2.24, 2.45) is 0 Å². The number of anilines is 2. The highest BCUT2D eigenvalue weighted by molar-refractivity contribution is 6.32. The van der Waals surface area contributed by atoms with Crippen LogP contribution in [0.5, 0.6) is 5.75 Å². The highest BCUT2D eigenvalue weighted by Gasteiger charge is 2.41. The summed E-state index contributed by atoms with van der Waals surface area (Å²) in [7, 11) is 1.45. The van der Waals surface area contributed by atoms with Gasteiger partial charge in [0.25, 0.3) is 5.91 Å². The van der Waals surface area contributed by atoms with Gasteiger partial charge in [0.05, 0.1) is 25.6 Å². The summed E-state index contributed by atoms with van der Waals surface area (Å²) in [5.74, 6) is -1.30. The second-order valence-corrected chi connectivity index (χ2v) is 6.92. The highest BCUT2D eigenvalue weighted by Crippen LogP contribution is 2.36. The summed E-state index contributed by atoms with van der Waals surface area (Å²) in [5, 5.41) is 12.3. The fourth-order valence-electron chi connectivity index (χ4n) is 3.08. The summed E-state index contributed by atoms with van der Waals surface area (Å²) in [6, 6.07) is 9.22. The van der Waals surface area contributed by atoms with Crippen LogP contribution in [0.3, 0.4) is 0 Å². The third kappa shape index (κ3) is 3.94. The number of imide groups is 1. The van der Waals surface area contributed by atoms with Gasteiger partial charge in [0, 0.05) is 16.8 Å². The minimum Gasteiger partial charge on any atom is -0.495 e. The lowest BCUT2D eigenvalue weighted by Gasteiger charge is -2.19. The molecule has 2 amide bonds. The molecule has 146 valence electrons. The van der Waals surface area contributed by atoms with Gasteiger partial charge in [-0.05, 0) is 36.2 Å². The molecule has 2 aromatic rings. The van der Waals surface area contributed by atoms with Crippen LogP contribution in [0.15, 0.2) is 36.4 Å². The molecule has 1 saturated heterocycles. The van der Waals surface area contributed by atoms with Gasteiger partial charge in [-0.1, -0.05) is 23.7 Å². The molecule has 28 heavy (non-hydrogen) atoms. The maximum Gasteiger partial charge on any atom is 0.307 e. The van der Waals surface area contributed by atoms with E-state index < -0.39 is 12.0 Å². The predicted octanol–water partition coefficient (Wildman–Crippen LogP) is 3.03. The molecule has 1 atom stereocenters. The lowest BCUT2D eigenvalue weighted by molar-refractivity contribution is -0.136. The van der Waals surface area contributed by atoms with E-state index in [0.29, 0.717) is 27.7 Å². The van der Waals surface area contributed by atoms with Crippen molar-refractivity contribution in [3.8, 4) is 5.75 Å². The smallest absolute Gasteiger partial charge is 0.307 e. The Labute approximate surface area is 166 Å². The number of ether oxygens (including phenoxy) is 1. The molecular formula is C20H19ClN2O5. The molecule has 3 rings (SSSR count). The van der Waals surface area contributed by atoms with Gasteiger partial charge in [-0.2, -0.15) is 0 Å². The summed E-state index contributed by atoms with van der Waals surface area (Å²) in [6.45, 7) is 1.78. The van der Waals surface area contributed by atoms with Crippen molar-refractivity contribution in [3.05, 3.63) is 52.5 Å². The number of carbonyl (C=O) groups is 3. The maximum atomic E-state index is 12.9. The van der Waals surface area contributed by atoms with E-state index >= 15 is 0 Å². The van der Waals surface area contributed by atoms with E-state index in [0.717, 1.165) is 10.5 Å². The van der Waals surface area contributed by atoms with Crippen molar-refractivity contribution >= 4 is 40.8 Å². The first-order valence-corrected chi connectivity index (χ1v) is 8.96. The second-order valence-electron chi connectivity index (χ2n) is 6.51. The Kier molecular flexibility index (Phi) is 5.56. The molecule has 0 unspecified atom stereocenters. The largest absolute Gasteiger partial charge is 0.495 e. The number of carboxylic acids is 1. The lowest BCUT2D eigenvalue weighted by atomic mass is 10.1. The zero-order chi connectivity index (χ0) is 20.4. The van der Waals surface area contributed by atoms with E-state index in [-0.39, 0.29) is 24.7 Å². The van der Waals surface area contributed by atoms with Gasteiger partial charge in [-0.25, -0.2) is 4.90 Å². The molecule has 2 aromatic carbocycles. The standard InChI is InChI=1S/C20H19ClN2O5/c1-11-7-16(17(28-2)9-14(11)21)23-18(24)10-15(20(23)27)22-13-5-3-12(4-6-13)8-19(25)26/h3-7,9,15,22H,8,10H2,1-2H3,(H,25,26)/t15-/m1/s1. The quantitative estimate of drug-likeness (QED) is 0.721. The van der Waals surface area contributed by atoms with Crippen LogP contribution in [0.25, 0.3) is 0 Å². The summed E-state index contributed by atoms with van der Waals surface area (Å²) in [6.07, 6.45) is -0.0782. The third-order valence-corrected chi connectivity index (χ3v) is 4.91. The molecule has 2 N–H and O–H groups in total. The van der Waals surface area contributed by atoms with Crippen LogP contribution in [0, 0.1) is 6.92 Å².